The van der Waals surface area contributed by atoms with Crippen molar-refractivity contribution in [1.29, 1.82) is 0 Å². The summed E-state index contributed by atoms with van der Waals surface area (Å²) in [7, 11) is 3.29. The third kappa shape index (κ3) is 3.80. The van der Waals surface area contributed by atoms with Crippen LogP contribution < -0.4 is 9.47 Å². The summed E-state index contributed by atoms with van der Waals surface area (Å²) < 4.78 is 10.8. The van der Waals surface area contributed by atoms with E-state index in [1.807, 2.05) is 11.0 Å². The van der Waals surface area contributed by atoms with Crippen molar-refractivity contribution in [3.8, 4) is 11.5 Å². The minimum Gasteiger partial charge on any atom is -0.493 e. The molecule has 0 bridgehead atoms. The molecule has 0 unspecified atom stereocenters. The molecule has 0 aliphatic carbocycles. The third-order valence-corrected chi connectivity index (χ3v) is 4.32. The summed E-state index contributed by atoms with van der Waals surface area (Å²) in [6.07, 6.45) is 0.561. The van der Waals surface area contributed by atoms with E-state index in [0.717, 1.165) is 17.9 Å². The summed E-state index contributed by atoms with van der Waals surface area (Å²) in [5.41, 5.74) is 2.26. The summed E-state index contributed by atoms with van der Waals surface area (Å²) in [5.74, 6) is 1.67. The maximum atomic E-state index is 12.7. The quantitative estimate of drug-likeness (QED) is 0.851. The zero-order valence-electron chi connectivity index (χ0n) is 15.4. The van der Waals surface area contributed by atoms with Crippen molar-refractivity contribution in [2.45, 2.75) is 53.0 Å². The Bertz CT molecular complexity index is 599. The number of ether oxygens (including phenoxy) is 2. The van der Waals surface area contributed by atoms with Gasteiger partial charge in [0.25, 0.3) is 0 Å². The Morgan fingerprint density at radius 2 is 1.74 bits per heavy atom. The molecular weight excluding hydrogens is 290 g/mol. The van der Waals surface area contributed by atoms with Crippen LogP contribution in [0.1, 0.15) is 52.2 Å². The molecule has 0 aromatic heterocycles. The lowest BCUT2D eigenvalue weighted by atomic mass is 9.77. The SMILES string of the molecule is COc1cc2c(cc1OC)C(C)(C)CN(C(=O)CC(C)(C)C)C2. The summed E-state index contributed by atoms with van der Waals surface area (Å²) in [5, 5.41) is 0. The molecule has 128 valence electrons. The van der Waals surface area contributed by atoms with E-state index in [9.17, 15) is 4.79 Å². The Hall–Kier alpha value is -1.71. The molecule has 4 nitrogen and oxygen atoms in total. The molecule has 4 heteroatoms. The van der Waals surface area contributed by atoms with Crippen LogP contribution in [0.5, 0.6) is 11.5 Å². The van der Waals surface area contributed by atoms with Crippen molar-refractivity contribution < 1.29 is 14.3 Å². The number of carbonyl (C=O) groups is 1. The summed E-state index contributed by atoms with van der Waals surface area (Å²) in [6.45, 7) is 12.0. The molecule has 0 saturated heterocycles. The van der Waals surface area contributed by atoms with Gasteiger partial charge in [0.05, 0.1) is 14.2 Å². The highest BCUT2D eigenvalue weighted by atomic mass is 16.5. The number of rotatable bonds is 3. The number of nitrogens with zero attached hydrogens (tertiary/aromatic N) is 1. The van der Waals surface area contributed by atoms with Gasteiger partial charge in [-0.05, 0) is 28.7 Å². The number of amides is 1. The molecule has 23 heavy (non-hydrogen) atoms. The van der Waals surface area contributed by atoms with Crippen LogP contribution in [0, 0.1) is 5.41 Å². The molecule has 1 aliphatic rings. The average molecular weight is 319 g/mol. The first-order chi connectivity index (χ1) is 10.6. The van der Waals surface area contributed by atoms with Crippen molar-refractivity contribution in [2.75, 3.05) is 20.8 Å². The van der Waals surface area contributed by atoms with Gasteiger partial charge >= 0.3 is 0 Å². The van der Waals surface area contributed by atoms with Crippen molar-refractivity contribution in [3.05, 3.63) is 23.3 Å². The van der Waals surface area contributed by atoms with Crippen molar-refractivity contribution >= 4 is 5.91 Å². The highest BCUT2D eigenvalue weighted by Crippen LogP contribution is 2.40. The molecule has 0 spiro atoms. The Kier molecular flexibility index (Phi) is 4.65. The molecule has 0 N–H and O–H groups in total. The van der Waals surface area contributed by atoms with E-state index in [-0.39, 0.29) is 16.7 Å². The molecule has 0 atom stereocenters. The number of benzene rings is 1. The molecule has 1 aliphatic heterocycles. The van der Waals surface area contributed by atoms with E-state index < -0.39 is 0 Å². The zero-order valence-corrected chi connectivity index (χ0v) is 15.4. The van der Waals surface area contributed by atoms with Crippen LogP contribution in [0.2, 0.25) is 0 Å². The Morgan fingerprint density at radius 1 is 1.17 bits per heavy atom. The average Bonchev–Trinajstić information content (AvgIpc) is 2.43. The molecule has 1 aromatic carbocycles. The highest BCUT2D eigenvalue weighted by molar-refractivity contribution is 5.77. The van der Waals surface area contributed by atoms with Gasteiger partial charge in [0.15, 0.2) is 11.5 Å². The molecular formula is C19H29NO3. The van der Waals surface area contributed by atoms with Gasteiger partial charge in [-0.1, -0.05) is 34.6 Å². The third-order valence-electron chi connectivity index (χ3n) is 4.32. The second-order valence-corrected chi connectivity index (χ2v) is 8.24. The van der Waals surface area contributed by atoms with Gasteiger partial charge in [-0.3, -0.25) is 4.79 Å². The molecule has 1 amide bonds. The summed E-state index contributed by atoms with van der Waals surface area (Å²) >= 11 is 0. The van der Waals surface area contributed by atoms with Crippen LogP contribution in [0.3, 0.4) is 0 Å². The molecule has 1 aromatic rings. The van der Waals surface area contributed by atoms with Gasteiger partial charge < -0.3 is 14.4 Å². The van der Waals surface area contributed by atoms with E-state index in [1.165, 1.54) is 5.56 Å². The Labute approximate surface area is 139 Å². The molecule has 0 saturated carbocycles. The van der Waals surface area contributed by atoms with E-state index >= 15 is 0 Å². The predicted octanol–water partition coefficient (Wildman–Crippen LogP) is 3.76. The molecule has 0 radical (unpaired) electrons. The first kappa shape index (κ1) is 17.6. The van der Waals surface area contributed by atoms with Gasteiger partial charge in [0.1, 0.15) is 0 Å². The molecule has 1 heterocycles. The number of hydrogen-bond acceptors (Lipinski definition) is 3. The van der Waals surface area contributed by atoms with Crippen LogP contribution in [-0.4, -0.2) is 31.6 Å². The van der Waals surface area contributed by atoms with E-state index in [1.54, 1.807) is 14.2 Å². The first-order valence-corrected chi connectivity index (χ1v) is 8.10. The fraction of sp³-hybridized carbons (Fsp3) is 0.632. The van der Waals surface area contributed by atoms with Gasteiger partial charge in [-0.2, -0.15) is 0 Å². The van der Waals surface area contributed by atoms with Gasteiger partial charge in [-0.15, -0.1) is 0 Å². The fourth-order valence-electron chi connectivity index (χ4n) is 3.25. The minimum atomic E-state index is -0.110. The van der Waals surface area contributed by atoms with Crippen LogP contribution in [0.4, 0.5) is 0 Å². The maximum absolute atomic E-state index is 12.7. The smallest absolute Gasteiger partial charge is 0.223 e. The summed E-state index contributed by atoms with van der Waals surface area (Å²) in [6, 6.07) is 4.06. The van der Waals surface area contributed by atoms with Crippen LogP contribution in [0.25, 0.3) is 0 Å². The lowest BCUT2D eigenvalue weighted by Crippen LogP contribution is -2.45. The van der Waals surface area contributed by atoms with Crippen LogP contribution >= 0.6 is 0 Å². The zero-order chi connectivity index (χ0) is 17.4. The van der Waals surface area contributed by atoms with Gasteiger partial charge in [0.2, 0.25) is 5.91 Å². The van der Waals surface area contributed by atoms with Gasteiger partial charge in [0, 0.05) is 24.9 Å². The van der Waals surface area contributed by atoms with Gasteiger partial charge in [-0.25, -0.2) is 0 Å². The number of methoxy groups -OCH3 is 2. The number of fused-ring (bicyclic) bond motifs is 1. The monoisotopic (exact) mass is 319 g/mol. The van der Waals surface area contributed by atoms with E-state index in [4.69, 9.17) is 9.47 Å². The van der Waals surface area contributed by atoms with E-state index in [2.05, 4.69) is 40.7 Å². The van der Waals surface area contributed by atoms with E-state index in [0.29, 0.717) is 18.7 Å². The molecule has 2 rings (SSSR count). The first-order valence-electron chi connectivity index (χ1n) is 8.10. The van der Waals surface area contributed by atoms with Crippen LogP contribution in [0.15, 0.2) is 12.1 Å². The van der Waals surface area contributed by atoms with Crippen molar-refractivity contribution in [3.63, 3.8) is 0 Å². The second kappa shape index (κ2) is 6.06. The normalized spacial score (nSPS) is 16.7. The van der Waals surface area contributed by atoms with Crippen LogP contribution in [-0.2, 0) is 16.8 Å². The predicted molar refractivity (Wildman–Crippen MR) is 92.1 cm³/mol. The topological polar surface area (TPSA) is 38.8 Å². The Morgan fingerprint density at radius 3 is 2.26 bits per heavy atom. The molecule has 0 fully saturated rings. The summed E-state index contributed by atoms with van der Waals surface area (Å²) in [4.78, 5) is 14.6. The number of carbonyl (C=O) groups excluding carboxylic acids is 1. The maximum Gasteiger partial charge on any atom is 0.223 e. The number of hydrogen-bond donors (Lipinski definition) is 0. The lowest BCUT2D eigenvalue weighted by molar-refractivity contribution is -0.135. The highest BCUT2D eigenvalue weighted by Gasteiger charge is 2.35. The standard InChI is InChI=1S/C19H29NO3/c1-18(2,3)10-17(21)20-11-13-8-15(22-6)16(23-7)9-14(13)19(4,5)12-20/h8-9H,10-12H2,1-7H3. The van der Waals surface area contributed by atoms with Crippen molar-refractivity contribution in [1.82, 2.24) is 4.90 Å². The van der Waals surface area contributed by atoms with Crippen molar-refractivity contribution in [2.24, 2.45) is 5.41 Å². The fourth-order valence-corrected chi connectivity index (χ4v) is 3.25. The minimum absolute atomic E-state index is 0.000891. The second-order valence-electron chi connectivity index (χ2n) is 8.24. The largest absolute Gasteiger partial charge is 0.493 e. The Balaban J connectivity index is 2.37. The lowest BCUT2D eigenvalue weighted by Gasteiger charge is -2.41.